The van der Waals surface area contributed by atoms with Crippen LogP contribution in [-0.2, 0) is 4.74 Å². The average Bonchev–Trinajstić information content (AvgIpc) is 2.47. The Balaban J connectivity index is 2.87. The molecule has 0 spiro atoms. The number of nitrogens with zero attached hydrogens (tertiary/aromatic N) is 1. The van der Waals surface area contributed by atoms with E-state index in [0.717, 1.165) is 10.0 Å². The van der Waals surface area contributed by atoms with E-state index in [-0.39, 0.29) is 5.97 Å². The van der Waals surface area contributed by atoms with Gasteiger partial charge in [-0.1, -0.05) is 11.8 Å². The van der Waals surface area contributed by atoms with E-state index < -0.39 is 0 Å². The maximum absolute atomic E-state index is 11.3. The number of aryl methyl sites for hydroxylation is 1. The monoisotopic (exact) mass is 217 g/mol. The normalized spacial score (nSPS) is 10.1. The summed E-state index contributed by atoms with van der Waals surface area (Å²) in [5.41, 5.74) is 0.757. The molecule has 1 heterocycles. The highest BCUT2D eigenvalue weighted by Crippen LogP contribution is 2.25. The Labute approximate surface area is 85.5 Å². The van der Waals surface area contributed by atoms with Crippen molar-refractivity contribution in [2.45, 2.75) is 18.2 Å². The molecule has 0 radical (unpaired) electrons. The molecule has 0 unspecified atom stereocenters. The molecule has 0 aliphatic carbocycles. The summed E-state index contributed by atoms with van der Waals surface area (Å²) in [5, 5.41) is 0. The largest absolute Gasteiger partial charge is 0.462 e. The molecule has 3 nitrogen and oxygen atoms in total. The summed E-state index contributed by atoms with van der Waals surface area (Å²) >= 11 is 2.92. The van der Waals surface area contributed by atoms with Gasteiger partial charge < -0.3 is 4.74 Å². The average molecular weight is 217 g/mol. The smallest absolute Gasteiger partial charge is 0.350 e. The summed E-state index contributed by atoms with van der Waals surface area (Å²) in [5.74, 6) is -0.266. The van der Waals surface area contributed by atoms with Crippen molar-refractivity contribution in [3.63, 3.8) is 0 Å². The first kappa shape index (κ1) is 10.5. The molecule has 0 aliphatic heterocycles. The number of esters is 1. The minimum atomic E-state index is -0.266. The van der Waals surface area contributed by atoms with Gasteiger partial charge in [-0.15, -0.1) is 11.3 Å². The second-order valence-corrected chi connectivity index (χ2v) is 4.37. The van der Waals surface area contributed by atoms with Gasteiger partial charge in [0, 0.05) is 0 Å². The number of thioether (sulfide) groups is 1. The zero-order valence-corrected chi connectivity index (χ0v) is 9.42. The molecule has 5 heteroatoms. The highest BCUT2D eigenvalue weighted by atomic mass is 32.2. The van der Waals surface area contributed by atoms with E-state index in [1.165, 1.54) is 23.1 Å². The van der Waals surface area contributed by atoms with Gasteiger partial charge in [-0.2, -0.15) is 0 Å². The van der Waals surface area contributed by atoms with E-state index in [1.807, 2.05) is 13.2 Å². The number of ether oxygens (including phenoxy) is 1. The zero-order chi connectivity index (χ0) is 9.84. The number of carbonyl (C=O) groups excluding carboxylic acids is 1. The number of hydrogen-bond acceptors (Lipinski definition) is 5. The Morgan fingerprint density at radius 1 is 1.69 bits per heavy atom. The lowest BCUT2D eigenvalue weighted by atomic mass is 10.4. The summed E-state index contributed by atoms with van der Waals surface area (Å²) in [6.07, 6.45) is 1.94. The van der Waals surface area contributed by atoms with Gasteiger partial charge in [0.25, 0.3) is 0 Å². The highest BCUT2D eigenvalue weighted by molar-refractivity contribution is 8.00. The van der Waals surface area contributed by atoms with Crippen LogP contribution in [0.1, 0.15) is 22.3 Å². The van der Waals surface area contributed by atoms with Crippen LogP contribution in [-0.4, -0.2) is 23.8 Å². The van der Waals surface area contributed by atoms with Gasteiger partial charge in [0.1, 0.15) is 4.88 Å². The topological polar surface area (TPSA) is 39.2 Å². The predicted octanol–water partition coefficient (Wildman–Crippen LogP) is 2.35. The van der Waals surface area contributed by atoms with E-state index in [1.54, 1.807) is 6.92 Å². The van der Waals surface area contributed by atoms with Crippen molar-refractivity contribution in [1.29, 1.82) is 0 Å². The molecule has 1 rings (SSSR count). The fourth-order valence-corrected chi connectivity index (χ4v) is 2.35. The van der Waals surface area contributed by atoms with E-state index in [9.17, 15) is 4.79 Å². The molecule has 72 valence electrons. The molecule has 1 aromatic rings. The Morgan fingerprint density at radius 3 is 2.85 bits per heavy atom. The second kappa shape index (κ2) is 4.62. The predicted molar refractivity (Wildman–Crippen MR) is 54.6 cm³/mol. The lowest BCUT2D eigenvalue weighted by Gasteiger charge is -1.97. The van der Waals surface area contributed by atoms with Crippen LogP contribution in [0.3, 0.4) is 0 Å². The van der Waals surface area contributed by atoms with Crippen molar-refractivity contribution in [2.75, 3.05) is 12.9 Å². The first-order chi connectivity index (χ1) is 6.19. The van der Waals surface area contributed by atoms with Crippen LogP contribution in [0.2, 0.25) is 0 Å². The van der Waals surface area contributed by atoms with Gasteiger partial charge in [-0.3, -0.25) is 0 Å². The van der Waals surface area contributed by atoms with E-state index in [0.29, 0.717) is 11.5 Å². The van der Waals surface area contributed by atoms with Gasteiger partial charge >= 0.3 is 5.97 Å². The zero-order valence-electron chi connectivity index (χ0n) is 7.79. The molecule has 0 aliphatic rings. The molecule has 0 saturated heterocycles. The summed E-state index contributed by atoms with van der Waals surface area (Å²) in [4.78, 5) is 16.2. The van der Waals surface area contributed by atoms with Gasteiger partial charge in [0.2, 0.25) is 0 Å². The fraction of sp³-hybridized carbons (Fsp3) is 0.500. The third kappa shape index (κ3) is 2.45. The van der Waals surface area contributed by atoms with Crippen molar-refractivity contribution in [3.05, 3.63) is 10.6 Å². The van der Waals surface area contributed by atoms with Crippen LogP contribution >= 0.6 is 23.1 Å². The minimum absolute atomic E-state index is 0.266. The van der Waals surface area contributed by atoms with E-state index >= 15 is 0 Å². The fourth-order valence-electron chi connectivity index (χ4n) is 0.845. The lowest BCUT2D eigenvalue weighted by Crippen LogP contribution is -2.03. The van der Waals surface area contributed by atoms with Crippen molar-refractivity contribution >= 4 is 29.1 Å². The van der Waals surface area contributed by atoms with Gasteiger partial charge in [-0.25, -0.2) is 9.78 Å². The van der Waals surface area contributed by atoms with Crippen molar-refractivity contribution in [3.8, 4) is 0 Å². The number of carbonyl (C=O) groups is 1. The molecule has 0 N–H and O–H groups in total. The summed E-state index contributed by atoms with van der Waals surface area (Å²) in [6.45, 7) is 4.02. The van der Waals surface area contributed by atoms with Gasteiger partial charge in [0.05, 0.1) is 12.3 Å². The molecule has 0 saturated carbocycles. The summed E-state index contributed by atoms with van der Waals surface area (Å²) < 4.78 is 5.79. The Hall–Kier alpha value is -0.550. The molecule has 0 bridgehead atoms. The van der Waals surface area contributed by atoms with Gasteiger partial charge in [0.15, 0.2) is 4.34 Å². The van der Waals surface area contributed by atoms with Crippen LogP contribution < -0.4 is 0 Å². The SMILES string of the molecule is CCOC(=O)c1sc(SC)nc1C. The maximum atomic E-state index is 11.3. The molecular formula is C8H11NO2S2. The Morgan fingerprint density at radius 2 is 2.38 bits per heavy atom. The highest BCUT2D eigenvalue weighted by Gasteiger charge is 2.15. The standard InChI is InChI=1S/C8H11NO2S2/c1-4-11-7(10)6-5(2)9-8(12-3)13-6/h4H2,1-3H3. The number of hydrogen-bond donors (Lipinski definition) is 0. The van der Waals surface area contributed by atoms with E-state index in [2.05, 4.69) is 4.98 Å². The molecule has 1 aromatic heterocycles. The molecule has 0 amide bonds. The van der Waals surface area contributed by atoms with Crippen LogP contribution in [0.5, 0.6) is 0 Å². The first-order valence-electron chi connectivity index (χ1n) is 3.87. The van der Waals surface area contributed by atoms with Crippen molar-refractivity contribution in [2.24, 2.45) is 0 Å². The molecule has 0 atom stereocenters. The quantitative estimate of drug-likeness (QED) is 0.575. The molecular weight excluding hydrogens is 206 g/mol. The van der Waals surface area contributed by atoms with Crippen LogP contribution in [0.15, 0.2) is 4.34 Å². The van der Waals surface area contributed by atoms with Crippen LogP contribution in [0, 0.1) is 6.92 Å². The summed E-state index contributed by atoms with van der Waals surface area (Å²) in [7, 11) is 0. The van der Waals surface area contributed by atoms with Crippen molar-refractivity contribution < 1.29 is 9.53 Å². The number of thiazole rings is 1. The van der Waals surface area contributed by atoms with Crippen LogP contribution in [0.4, 0.5) is 0 Å². The Bertz CT molecular complexity index is 309. The number of aromatic nitrogens is 1. The number of rotatable bonds is 3. The minimum Gasteiger partial charge on any atom is -0.462 e. The lowest BCUT2D eigenvalue weighted by molar-refractivity contribution is 0.0531. The Kier molecular flexibility index (Phi) is 3.74. The molecule has 13 heavy (non-hydrogen) atoms. The molecule has 0 fully saturated rings. The maximum Gasteiger partial charge on any atom is 0.350 e. The van der Waals surface area contributed by atoms with E-state index in [4.69, 9.17) is 4.74 Å². The van der Waals surface area contributed by atoms with Gasteiger partial charge in [-0.05, 0) is 20.1 Å². The third-order valence-corrected chi connectivity index (χ3v) is 3.54. The second-order valence-electron chi connectivity index (χ2n) is 2.32. The summed E-state index contributed by atoms with van der Waals surface area (Å²) in [6, 6.07) is 0. The third-order valence-electron chi connectivity index (χ3n) is 1.41. The van der Waals surface area contributed by atoms with Crippen LogP contribution in [0.25, 0.3) is 0 Å². The van der Waals surface area contributed by atoms with Crippen molar-refractivity contribution in [1.82, 2.24) is 4.98 Å². The first-order valence-corrected chi connectivity index (χ1v) is 5.91. The molecule has 0 aromatic carbocycles.